The first-order chi connectivity index (χ1) is 13.1. The molecular formula is C21H22FN5. The van der Waals surface area contributed by atoms with Crippen LogP contribution in [0.2, 0.25) is 0 Å². The van der Waals surface area contributed by atoms with E-state index >= 15 is 0 Å². The van der Waals surface area contributed by atoms with Crippen LogP contribution in [0.25, 0.3) is 5.69 Å². The Balaban J connectivity index is 1.44. The molecule has 6 heteroatoms. The van der Waals surface area contributed by atoms with Gasteiger partial charge in [-0.15, -0.1) is 0 Å². The van der Waals surface area contributed by atoms with Gasteiger partial charge >= 0.3 is 0 Å². The number of rotatable bonds is 4. The molecule has 138 valence electrons. The van der Waals surface area contributed by atoms with E-state index in [4.69, 9.17) is 5.73 Å². The number of anilines is 1. The topological polar surface area (TPSA) is 68.2 Å². The van der Waals surface area contributed by atoms with E-state index in [0.717, 1.165) is 29.9 Å². The molecule has 4 rings (SSSR count). The van der Waals surface area contributed by atoms with Crippen LogP contribution in [0.5, 0.6) is 0 Å². The number of nitrogens with two attached hydrogens (primary N) is 1. The Kier molecular flexibility index (Phi) is 4.62. The zero-order chi connectivity index (χ0) is 18.8. The molecule has 2 aromatic carbocycles. The molecule has 1 heterocycles. The Labute approximate surface area is 157 Å². The van der Waals surface area contributed by atoms with Crippen LogP contribution in [0.3, 0.4) is 0 Å². The van der Waals surface area contributed by atoms with E-state index in [1.54, 1.807) is 23.0 Å². The standard InChI is InChI=1S/C21H22FN5/c1-14-24-9-10-27(14)20-8-5-15(11-19(20)22)13-25-21(23)26-18-7-6-16-3-2-4-17(16)12-18/h5-12H,2-4,13H2,1H3,(H3,23,25,26). The number of hydrogen-bond donors (Lipinski definition) is 2. The number of nitrogens with one attached hydrogen (secondary N) is 1. The van der Waals surface area contributed by atoms with E-state index < -0.39 is 0 Å². The number of hydrogen-bond acceptors (Lipinski definition) is 2. The van der Waals surface area contributed by atoms with E-state index in [1.165, 1.54) is 23.6 Å². The summed E-state index contributed by atoms with van der Waals surface area (Å²) in [5.74, 6) is 0.749. The van der Waals surface area contributed by atoms with Gasteiger partial charge in [0.25, 0.3) is 0 Å². The molecule has 0 aliphatic heterocycles. The lowest BCUT2D eigenvalue weighted by atomic mass is 10.1. The highest BCUT2D eigenvalue weighted by molar-refractivity contribution is 5.92. The number of halogens is 1. The lowest BCUT2D eigenvalue weighted by Gasteiger charge is -2.09. The van der Waals surface area contributed by atoms with Crippen LogP contribution in [0, 0.1) is 12.7 Å². The van der Waals surface area contributed by atoms with Gasteiger partial charge in [-0.25, -0.2) is 14.4 Å². The molecule has 5 nitrogen and oxygen atoms in total. The van der Waals surface area contributed by atoms with Crippen LogP contribution >= 0.6 is 0 Å². The zero-order valence-corrected chi connectivity index (χ0v) is 15.2. The SMILES string of the molecule is Cc1nccn1-c1ccc(CN=C(N)Nc2ccc3c(c2)CCC3)cc1F. The lowest BCUT2D eigenvalue weighted by molar-refractivity contribution is 0.614. The van der Waals surface area contributed by atoms with Crippen molar-refractivity contribution in [3.05, 3.63) is 77.1 Å². The van der Waals surface area contributed by atoms with Crippen molar-refractivity contribution in [1.82, 2.24) is 9.55 Å². The fourth-order valence-corrected chi connectivity index (χ4v) is 3.49. The Morgan fingerprint density at radius 3 is 2.85 bits per heavy atom. The largest absolute Gasteiger partial charge is 0.370 e. The zero-order valence-electron chi connectivity index (χ0n) is 15.2. The molecule has 3 N–H and O–H groups in total. The van der Waals surface area contributed by atoms with Crippen molar-refractivity contribution in [1.29, 1.82) is 0 Å². The molecule has 0 amide bonds. The summed E-state index contributed by atoms with van der Waals surface area (Å²) >= 11 is 0. The maximum atomic E-state index is 14.4. The second-order valence-electron chi connectivity index (χ2n) is 6.79. The fraction of sp³-hybridized carbons (Fsp3) is 0.238. The molecule has 0 fully saturated rings. The molecule has 27 heavy (non-hydrogen) atoms. The summed E-state index contributed by atoms with van der Waals surface area (Å²) in [5, 5.41) is 3.12. The summed E-state index contributed by atoms with van der Waals surface area (Å²) in [5.41, 5.74) is 11.0. The first-order valence-corrected chi connectivity index (χ1v) is 9.07. The van der Waals surface area contributed by atoms with E-state index in [9.17, 15) is 4.39 Å². The molecule has 1 aliphatic rings. The quantitative estimate of drug-likeness (QED) is 0.548. The molecule has 1 aliphatic carbocycles. The van der Waals surface area contributed by atoms with Gasteiger partial charge in [0, 0.05) is 18.1 Å². The maximum Gasteiger partial charge on any atom is 0.193 e. The van der Waals surface area contributed by atoms with Crippen LogP contribution < -0.4 is 11.1 Å². The number of imidazole rings is 1. The van der Waals surface area contributed by atoms with Crippen molar-refractivity contribution in [2.45, 2.75) is 32.7 Å². The Hall–Kier alpha value is -3.15. The van der Waals surface area contributed by atoms with E-state index in [1.807, 2.05) is 19.1 Å². The highest BCUT2D eigenvalue weighted by Crippen LogP contribution is 2.24. The third-order valence-electron chi connectivity index (χ3n) is 4.90. The van der Waals surface area contributed by atoms with Gasteiger partial charge in [0.2, 0.25) is 0 Å². The highest BCUT2D eigenvalue weighted by Gasteiger charge is 2.11. The molecule has 0 saturated carbocycles. The summed E-state index contributed by atoms with van der Waals surface area (Å²) in [6.45, 7) is 2.15. The van der Waals surface area contributed by atoms with Crippen LogP contribution in [0.15, 0.2) is 53.8 Å². The number of nitrogens with zero attached hydrogens (tertiary/aromatic N) is 3. The van der Waals surface area contributed by atoms with Crippen LogP contribution in [-0.4, -0.2) is 15.5 Å². The van der Waals surface area contributed by atoms with E-state index in [-0.39, 0.29) is 5.82 Å². The van der Waals surface area contributed by atoms with Crippen molar-refractivity contribution >= 4 is 11.6 Å². The van der Waals surface area contributed by atoms with E-state index in [0.29, 0.717) is 18.2 Å². The first kappa shape index (κ1) is 17.3. The van der Waals surface area contributed by atoms with Gasteiger partial charge in [0.15, 0.2) is 5.96 Å². The number of benzene rings is 2. The molecule has 0 unspecified atom stereocenters. The van der Waals surface area contributed by atoms with Gasteiger partial charge in [-0.05, 0) is 67.1 Å². The monoisotopic (exact) mass is 363 g/mol. The molecule has 0 atom stereocenters. The van der Waals surface area contributed by atoms with Gasteiger partial charge in [0.1, 0.15) is 11.6 Å². The van der Waals surface area contributed by atoms with Gasteiger partial charge in [-0.1, -0.05) is 12.1 Å². The summed E-state index contributed by atoms with van der Waals surface area (Å²) < 4.78 is 16.2. The summed E-state index contributed by atoms with van der Waals surface area (Å²) in [4.78, 5) is 8.46. The van der Waals surface area contributed by atoms with Crippen LogP contribution in [-0.2, 0) is 19.4 Å². The maximum absolute atomic E-state index is 14.4. The third-order valence-corrected chi connectivity index (χ3v) is 4.90. The minimum absolute atomic E-state index is 0.309. The molecule has 0 saturated heterocycles. The van der Waals surface area contributed by atoms with Crippen molar-refractivity contribution in [3.63, 3.8) is 0 Å². The normalized spacial score (nSPS) is 13.6. The average molecular weight is 363 g/mol. The number of aliphatic imine (C=N–C) groups is 1. The predicted molar refractivity (Wildman–Crippen MR) is 106 cm³/mol. The minimum atomic E-state index is -0.311. The predicted octanol–water partition coefficient (Wildman–Crippen LogP) is 3.74. The van der Waals surface area contributed by atoms with Crippen LogP contribution in [0.4, 0.5) is 10.1 Å². The Bertz CT molecular complexity index is 1010. The fourth-order valence-electron chi connectivity index (χ4n) is 3.49. The number of guanidine groups is 1. The second kappa shape index (κ2) is 7.23. The summed E-state index contributed by atoms with van der Waals surface area (Å²) in [6, 6.07) is 11.4. The Morgan fingerprint density at radius 1 is 1.22 bits per heavy atom. The highest BCUT2D eigenvalue weighted by atomic mass is 19.1. The molecule has 0 bridgehead atoms. The average Bonchev–Trinajstić information content (AvgIpc) is 3.28. The van der Waals surface area contributed by atoms with Gasteiger partial charge in [-0.3, -0.25) is 0 Å². The van der Waals surface area contributed by atoms with Gasteiger partial charge in [-0.2, -0.15) is 0 Å². The summed E-state index contributed by atoms with van der Waals surface area (Å²) in [7, 11) is 0. The summed E-state index contributed by atoms with van der Waals surface area (Å²) in [6.07, 6.45) is 6.87. The first-order valence-electron chi connectivity index (χ1n) is 9.07. The lowest BCUT2D eigenvalue weighted by Crippen LogP contribution is -2.22. The van der Waals surface area contributed by atoms with Crippen molar-refractivity contribution in [3.8, 4) is 5.69 Å². The smallest absolute Gasteiger partial charge is 0.193 e. The van der Waals surface area contributed by atoms with Gasteiger partial charge < -0.3 is 15.6 Å². The second-order valence-corrected chi connectivity index (χ2v) is 6.79. The van der Waals surface area contributed by atoms with E-state index in [2.05, 4.69) is 27.4 Å². The third kappa shape index (κ3) is 3.69. The number of aromatic nitrogens is 2. The number of fused-ring (bicyclic) bond motifs is 1. The minimum Gasteiger partial charge on any atom is -0.370 e. The Morgan fingerprint density at radius 2 is 2.07 bits per heavy atom. The molecule has 1 aromatic heterocycles. The van der Waals surface area contributed by atoms with Crippen molar-refractivity contribution in [2.75, 3.05) is 5.32 Å². The van der Waals surface area contributed by atoms with Gasteiger partial charge in [0.05, 0.1) is 12.2 Å². The molecular weight excluding hydrogens is 341 g/mol. The molecule has 0 radical (unpaired) electrons. The van der Waals surface area contributed by atoms with Crippen molar-refractivity contribution < 1.29 is 4.39 Å². The van der Waals surface area contributed by atoms with Crippen molar-refractivity contribution in [2.24, 2.45) is 10.7 Å². The van der Waals surface area contributed by atoms with Crippen LogP contribution in [0.1, 0.15) is 28.9 Å². The molecule has 0 spiro atoms. The number of aryl methyl sites for hydroxylation is 3. The molecule has 3 aromatic rings.